The standard InChI is InChI=1S/C29H34F3N3O2/c1-5-18-15-34(16-18)10-11-37-19-13-22(30)25(23(31)14-19)27-26-21(20-8-6-7-9-24(20)33-26)12-17(2)35(27)28(36)29(3,4)32/h6-9,13-14,17-18,27,33H,5,10-12,15-16H2,1-4H3/t17-,27-/m1/s1. The summed E-state index contributed by atoms with van der Waals surface area (Å²) in [5.41, 5.74) is -0.312. The van der Waals surface area contributed by atoms with Crippen LogP contribution < -0.4 is 4.74 Å². The number of alkyl halides is 1. The van der Waals surface area contributed by atoms with Crippen LogP contribution in [0.25, 0.3) is 10.9 Å². The van der Waals surface area contributed by atoms with E-state index in [0.717, 1.165) is 48.1 Å². The van der Waals surface area contributed by atoms with E-state index in [9.17, 15) is 9.18 Å². The number of aromatic nitrogens is 1. The number of nitrogens with zero attached hydrogens (tertiary/aromatic N) is 2. The summed E-state index contributed by atoms with van der Waals surface area (Å²) in [6.45, 7) is 9.34. The van der Waals surface area contributed by atoms with Gasteiger partial charge in [0.25, 0.3) is 5.91 Å². The lowest BCUT2D eigenvalue weighted by atomic mass is 9.87. The molecule has 37 heavy (non-hydrogen) atoms. The van der Waals surface area contributed by atoms with Crippen molar-refractivity contribution in [1.29, 1.82) is 0 Å². The summed E-state index contributed by atoms with van der Waals surface area (Å²) in [6.07, 6.45) is 1.59. The number of fused-ring (bicyclic) bond motifs is 3. The highest BCUT2D eigenvalue weighted by Crippen LogP contribution is 2.44. The lowest BCUT2D eigenvalue weighted by Crippen LogP contribution is -2.52. The summed E-state index contributed by atoms with van der Waals surface area (Å²) in [4.78, 5) is 20.1. The van der Waals surface area contributed by atoms with Crippen LogP contribution in [0.1, 0.15) is 57.0 Å². The third-order valence-electron chi connectivity index (χ3n) is 7.73. The fourth-order valence-corrected chi connectivity index (χ4v) is 5.69. The minimum absolute atomic E-state index is 0.0933. The maximum absolute atomic E-state index is 15.7. The Morgan fingerprint density at radius 2 is 1.84 bits per heavy atom. The van der Waals surface area contributed by atoms with Crippen molar-refractivity contribution in [2.24, 2.45) is 5.92 Å². The molecule has 1 amide bonds. The van der Waals surface area contributed by atoms with Gasteiger partial charge in [-0.2, -0.15) is 0 Å². The molecule has 0 unspecified atom stereocenters. The highest BCUT2D eigenvalue weighted by atomic mass is 19.1. The number of benzene rings is 2. The summed E-state index contributed by atoms with van der Waals surface area (Å²) >= 11 is 0. The van der Waals surface area contributed by atoms with Gasteiger partial charge in [0.2, 0.25) is 0 Å². The SMILES string of the molecule is CCC1CN(CCOc2cc(F)c([C@@H]3c4[nH]c5ccccc5c4C[C@@H](C)N3C(=O)C(C)(C)F)c(F)c2)C1. The van der Waals surface area contributed by atoms with Crippen molar-refractivity contribution in [2.45, 2.75) is 58.3 Å². The van der Waals surface area contributed by atoms with Crippen molar-refractivity contribution in [3.05, 3.63) is 64.9 Å². The third kappa shape index (κ3) is 4.72. The highest BCUT2D eigenvalue weighted by Gasteiger charge is 2.45. The molecule has 0 aliphatic carbocycles. The van der Waals surface area contributed by atoms with E-state index in [4.69, 9.17) is 4.74 Å². The molecule has 1 N–H and O–H groups in total. The number of nitrogens with one attached hydrogen (secondary N) is 1. The number of carbonyl (C=O) groups is 1. The molecule has 3 aromatic rings. The molecule has 2 aliphatic rings. The lowest BCUT2D eigenvalue weighted by Gasteiger charge is -2.43. The van der Waals surface area contributed by atoms with Crippen LogP contribution in [0, 0.1) is 17.6 Å². The molecule has 198 valence electrons. The Morgan fingerprint density at radius 1 is 1.16 bits per heavy atom. The van der Waals surface area contributed by atoms with Crippen molar-refractivity contribution in [3.8, 4) is 5.75 Å². The Morgan fingerprint density at radius 3 is 2.49 bits per heavy atom. The molecular weight excluding hydrogens is 479 g/mol. The zero-order valence-electron chi connectivity index (χ0n) is 21.8. The molecule has 5 rings (SSSR count). The zero-order valence-corrected chi connectivity index (χ0v) is 21.8. The predicted octanol–water partition coefficient (Wildman–Crippen LogP) is 5.78. The van der Waals surface area contributed by atoms with Gasteiger partial charge in [0.05, 0.1) is 5.56 Å². The molecular formula is C29H34F3N3O2. The number of carbonyl (C=O) groups excluding carboxylic acids is 1. The molecule has 0 saturated carbocycles. The minimum atomic E-state index is -2.21. The van der Waals surface area contributed by atoms with Gasteiger partial charge in [-0.3, -0.25) is 9.69 Å². The molecule has 2 atom stereocenters. The number of likely N-dealkylation sites (tertiary alicyclic amines) is 1. The van der Waals surface area contributed by atoms with Crippen LogP contribution >= 0.6 is 0 Å². The Labute approximate surface area is 215 Å². The average Bonchev–Trinajstić information content (AvgIpc) is 3.17. The van der Waals surface area contributed by atoms with Crippen molar-refractivity contribution in [1.82, 2.24) is 14.8 Å². The number of H-pyrrole nitrogens is 1. The quantitative estimate of drug-likeness (QED) is 0.436. The van der Waals surface area contributed by atoms with E-state index < -0.39 is 35.3 Å². The maximum Gasteiger partial charge on any atom is 0.260 e. The van der Waals surface area contributed by atoms with Gasteiger partial charge in [0.1, 0.15) is 30.0 Å². The Balaban J connectivity index is 1.50. The molecule has 0 bridgehead atoms. The van der Waals surface area contributed by atoms with Crippen molar-refractivity contribution in [3.63, 3.8) is 0 Å². The van der Waals surface area contributed by atoms with Crippen LogP contribution in [0.15, 0.2) is 36.4 Å². The number of ether oxygens (including phenoxy) is 1. The number of rotatable bonds is 7. The zero-order chi connectivity index (χ0) is 26.5. The number of aromatic amines is 1. The Bertz CT molecular complexity index is 1290. The fraction of sp³-hybridized carbons (Fsp3) is 0.483. The van der Waals surface area contributed by atoms with Crippen LogP contribution in [-0.4, -0.2) is 58.6 Å². The van der Waals surface area contributed by atoms with E-state index in [1.807, 2.05) is 24.3 Å². The summed E-state index contributed by atoms with van der Waals surface area (Å²) in [7, 11) is 0. The molecule has 3 heterocycles. The molecule has 2 aromatic carbocycles. The second kappa shape index (κ2) is 9.71. The third-order valence-corrected chi connectivity index (χ3v) is 7.73. The van der Waals surface area contributed by atoms with Crippen LogP contribution in [0.4, 0.5) is 13.2 Å². The Hall–Kier alpha value is -3.00. The molecule has 5 nitrogen and oxygen atoms in total. The molecule has 8 heteroatoms. The fourth-order valence-electron chi connectivity index (χ4n) is 5.69. The molecule has 0 radical (unpaired) electrons. The smallest absolute Gasteiger partial charge is 0.260 e. The van der Waals surface area contributed by atoms with Gasteiger partial charge < -0.3 is 14.6 Å². The number of amides is 1. The monoisotopic (exact) mass is 513 g/mol. The van der Waals surface area contributed by atoms with Crippen LogP contribution in [0.2, 0.25) is 0 Å². The summed E-state index contributed by atoms with van der Waals surface area (Å²) < 4.78 is 52.0. The lowest BCUT2D eigenvalue weighted by molar-refractivity contribution is -0.146. The van der Waals surface area contributed by atoms with E-state index in [1.54, 1.807) is 6.92 Å². The van der Waals surface area contributed by atoms with Gasteiger partial charge in [-0.25, -0.2) is 13.2 Å². The second-order valence-electron chi connectivity index (χ2n) is 10.9. The predicted molar refractivity (Wildman–Crippen MR) is 137 cm³/mol. The molecule has 1 saturated heterocycles. The van der Waals surface area contributed by atoms with Gasteiger partial charge in [-0.15, -0.1) is 0 Å². The largest absolute Gasteiger partial charge is 0.492 e. The molecule has 1 aromatic heterocycles. The number of halogens is 3. The van der Waals surface area contributed by atoms with Gasteiger partial charge >= 0.3 is 0 Å². The summed E-state index contributed by atoms with van der Waals surface area (Å²) in [6, 6.07) is 8.29. The first-order chi connectivity index (χ1) is 17.6. The first kappa shape index (κ1) is 25.6. The Kier molecular flexibility index (Phi) is 6.73. The van der Waals surface area contributed by atoms with E-state index >= 15 is 8.78 Å². The van der Waals surface area contributed by atoms with Gasteiger partial charge in [-0.05, 0) is 44.7 Å². The normalized spacial score (nSPS) is 20.7. The molecule has 1 fully saturated rings. The van der Waals surface area contributed by atoms with Crippen molar-refractivity contribution < 1.29 is 22.7 Å². The highest BCUT2D eigenvalue weighted by molar-refractivity contribution is 5.89. The van der Waals surface area contributed by atoms with E-state index in [0.29, 0.717) is 31.2 Å². The number of hydrogen-bond acceptors (Lipinski definition) is 3. The first-order valence-electron chi connectivity index (χ1n) is 13.0. The van der Waals surface area contributed by atoms with Gasteiger partial charge in [0, 0.05) is 54.4 Å². The molecule has 2 aliphatic heterocycles. The van der Waals surface area contributed by atoms with Crippen molar-refractivity contribution >= 4 is 16.8 Å². The van der Waals surface area contributed by atoms with Gasteiger partial charge in [0.15, 0.2) is 5.67 Å². The van der Waals surface area contributed by atoms with E-state index in [1.165, 1.54) is 18.7 Å². The van der Waals surface area contributed by atoms with Crippen molar-refractivity contribution in [2.75, 3.05) is 26.2 Å². The van der Waals surface area contributed by atoms with Crippen LogP contribution in [-0.2, 0) is 11.2 Å². The average molecular weight is 514 g/mol. The summed E-state index contributed by atoms with van der Waals surface area (Å²) in [5.74, 6) is -1.67. The topological polar surface area (TPSA) is 48.6 Å². The second-order valence-corrected chi connectivity index (χ2v) is 10.9. The molecule has 0 spiro atoms. The van der Waals surface area contributed by atoms with Crippen LogP contribution in [0.5, 0.6) is 5.75 Å². The maximum atomic E-state index is 15.7. The minimum Gasteiger partial charge on any atom is -0.492 e. The van der Waals surface area contributed by atoms with E-state index in [-0.39, 0.29) is 11.3 Å². The van der Waals surface area contributed by atoms with Gasteiger partial charge in [-0.1, -0.05) is 31.5 Å². The first-order valence-corrected chi connectivity index (χ1v) is 13.0. The van der Waals surface area contributed by atoms with E-state index in [2.05, 4.69) is 16.8 Å². The number of para-hydroxylation sites is 1. The van der Waals surface area contributed by atoms with Crippen LogP contribution in [0.3, 0.4) is 0 Å². The number of hydrogen-bond donors (Lipinski definition) is 1. The summed E-state index contributed by atoms with van der Waals surface area (Å²) in [5, 5.41) is 0.929.